The maximum absolute atomic E-state index is 5.44. The number of halogens is 1. The number of nitrogens with one attached hydrogen (secondary N) is 1. The van der Waals surface area contributed by atoms with Crippen LogP contribution in [0.2, 0.25) is 0 Å². The van der Waals surface area contributed by atoms with Crippen molar-refractivity contribution in [2.24, 2.45) is 5.73 Å². The second-order valence-corrected chi connectivity index (χ2v) is 2.36. The fourth-order valence-electron chi connectivity index (χ4n) is 0.994. The molecule has 0 saturated carbocycles. The van der Waals surface area contributed by atoms with Crippen molar-refractivity contribution in [3.8, 4) is 0 Å². The Morgan fingerprint density at radius 1 is 1.42 bits per heavy atom. The van der Waals surface area contributed by atoms with Gasteiger partial charge in [-0.25, -0.2) is 4.98 Å². The first-order valence-electron chi connectivity index (χ1n) is 3.38. The van der Waals surface area contributed by atoms with Crippen molar-refractivity contribution >= 4 is 23.4 Å². The number of H-pyrrole nitrogens is 1. The molecule has 3 N–H and O–H groups in total. The second kappa shape index (κ2) is 3.51. The van der Waals surface area contributed by atoms with Gasteiger partial charge in [-0.2, -0.15) is 5.10 Å². The van der Waals surface area contributed by atoms with E-state index < -0.39 is 0 Å². The van der Waals surface area contributed by atoms with Gasteiger partial charge in [0, 0.05) is 18.1 Å². The number of aromatic nitrogens is 3. The third kappa shape index (κ3) is 1.39. The molecular weight excluding hydrogens is 176 g/mol. The van der Waals surface area contributed by atoms with E-state index in [2.05, 4.69) is 15.2 Å². The molecular formula is C7H9ClN4. The Hall–Kier alpha value is -1.13. The minimum absolute atomic E-state index is 0. The highest BCUT2D eigenvalue weighted by molar-refractivity contribution is 5.85. The number of hydrogen-bond donors (Lipinski definition) is 2. The van der Waals surface area contributed by atoms with Crippen molar-refractivity contribution in [2.45, 2.75) is 6.54 Å². The summed E-state index contributed by atoms with van der Waals surface area (Å²) in [7, 11) is 0. The molecule has 0 aliphatic carbocycles. The van der Waals surface area contributed by atoms with E-state index in [1.54, 1.807) is 12.4 Å². The van der Waals surface area contributed by atoms with Gasteiger partial charge in [0.1, 0.15) is 0 Å². The summed E-state index contributed by atoms with van der Waals surface area (Å²) in [6.07, 6.45) is 3.49. The zero-order valence-electron chi connectivity index (χ0n) is 6.32. The summed E-state index contributed by atoms with van der Waals surface area (Å²) in [5.41, 5.74) is 7.27. The molecule has 4 nitrogen and oxygen atoms in total. The average Bonchev–Trinajstić information content (AvgIpc) is 2.50. The Morgan fingerprint density at radius 2 is 2.25 bits per heavy atom. The van der Waals surface area contributed by atoms with Crippen LogP contribution in [-0.4, -0.2) is 15.2 Å². The Balaban J connectivity index is 0.000000720. The lowest BCUT2D eigenvalue weighted by Crippen LogP contribution is -1.96. The third-order valence-corrected chi connectivity index (χ3v) is 1.58. The minimum Gasteiger partial charge on any atom is -0.326 e. The van der Waals surface area contributed by atoms with E-state index in [0.29, 0.717) is 6.54 Å². The van der Waals surface area contributed by atoms with Gasteiger partial charge in [0.2, 0.25) is 0 Å². The number of pyridine rings is 1. The van der Waals surface area contributed by atoms with Gasteiger partial charge in [-0.15, -0.1) is 12.4 Å². The van der Waals surface area contributed by atoms with Crippen LogP contribution in [-0.2, 0) is 6.54 Å². The largest absolute Gasteiger partial charge is 0.326 e. The maximum Gasteiger partial charge on any atom is 0.155 e. The molecule has 12 heavy (non-hydrogen) atoms. The Morgan fingerprint density at radius 3 is 3.00 bits per heavy atom. The highest BCUT2D eigenvalue weighted by Crippen LogP contribution is 2.08. The maximum atomic E-state index is 5.44. The van der Waals surface area contributed by atoms with E-state index in [1.165, 1.54) is 0 Å². The monoisotopic (exact) mass is 184 g/mol. The topological polar surface area (TPSA) is 67.6 Å². The van der Waals surface area contributed by atoms with Crippen LogP contribution in [0, 0.1) is 0 Å². The highest BCUT2D eigenvalue weighted by atomic mass is 35.5. The first-order chi connectivity index (χ1) is 5.40. The van der Waals surface area contributed by atoms with Crippen LogP contribution in [0.3, 0.4) is 0 Å². The van der Waals surface area contributed by atoms with E-state index >= 15 is 0 Å². The highest BCUT2D eigenvalue weighted by Gasteiger charge is 1.96. The van der Waals surface area contributed by atoms with Crippen molar-refractivity contribution in [3.05, 3.63) is 24.0 Å². The van der Waals surface area contributed by atoms with Gasteiger partial charge in [0.25, 0.3) is 0 Å². The molecule has 2 aromatic rings. The summed E-state index contributed by atoms with van der Waals surface area (Å²) in [5.74, 6) is 0. The number of nitrogens with zero attached hydrogens (tertiary/aromatic N) is 2. The van der Waals surface area contributed by atoms with Crippen molar-refractivity contribution in [3.63, 3.8) is 0 Å². The number of fused-ring (bicyclic) bond motifs is 1. The van der Waals surface area contributed by atoms with E-state index in [0.717, 1.165) is 16.6 Å². The lowest BCUT2D eigenvalue weighted by molar-refractivity contribution is 1.05. The van der Waals surface area contributed by atoms with E-state index in [1.807, 2.05) is 6.07 Å². The van der Waals surface area contributed by atoms with Crippen molar-refractivity contribution in [1.29, 1.82) is 0 Å². The third-order valence-electron chi connectivity index (χ3n) is 1.58. The van der Waals surface area contributed by atoms with Crippen LogP contribution in [0.4, 0.5) is 0 Å². The lowest BCUT2D eigenvalue weighted by Gasteiger charge is -1.93. The van der Waals surface area contributed by atoms with Crippen LogP contribution in [0.15, 0.2) is 18.5 Å². The molecule has 0 amide bonds. The second-order valence-electron chi connectivity index (χ2n) is 2.36. The van der Waals surface area contributed by atoms with E-state index in [9.17, 15) is 0 Å². The number of nitrogens with two attached hydrogens (primary N) is 1. The van der Waals surface area contributed by atoms with Gasteiger partial charge in [-0.05, 0) is 11.6 Å². The van der Waals surface area contributed by atoms with Crippen LogP contribution in [0.1, 0.15) is 5.56 Å². The van der Waals surface area contributed by atoms with Crippen LogP contribution >= 0.6 is 12.4 Å². The molecule has 0 aromatic carbocycles. The van der Waals surface area contributed by atoms with Crippen molar-refractivity contribution in [1.82, 2.24) is 15.2 Å². The van der Waals surface area contributed by atoms with Crippen LogP contribution in [0.25, 0.3) is 11.0 Å². The van der Waals surface area contributed by atoms with Crippen LogP contribution < -0.4 is 5.73 Å². The van der Waals surface area contributed by atoms with Gasteiger partial charge in [0.05, 0.1) is 6.20 Å². The van der Waals surface area contributed by atoms with Crippen LogP contribution in [0.5, 0.6) is 0 Å². The molecule has 0 atom stereocenters. The number of hydrogen-bond acceptors (Lipinski definition) is 3. The molecule has 0 aliphatic heterocycles. The predicted molar refractivity (Wildman–Crippen MR) is 49.0 cm³/mol. The normalized spacial score (nSPS) is 9.75. The molecule has 2 aromatic heterocycles. The smallest absolute Gasteiger partial charge is 0.155 e. The van der Waals surface area contributed by atoms with Gasteiger partial charge in [-0.1, -0.05) is 0 Å². The molecule has 2 heterocycles. The first-order valence-corrected chi connectivity index (χ1v) is 3.38. The summed E-state index contributed by atoms with van der Waals surface area (Å²) >= 11 is 0. The standard InChI is InChI=1S/C7H8N4.ClH/c8-2-5-1-6-4-10-11-7(6)9-3-5;/h1,3-4H,2,8H2,(H,9,10,11);1H. The average molecular weight is 185 g/mol. The Bertz CT molecular complexity index is 370. The Labute approximate surface area is 75.6 Å². The van der Waals surface area contributed by atoms with Gasteiger partial charge < -0.3 is 5.73 Å². The van der Waals surface area contributed by atoms with Gasteiger partial charge >= 0.3 is 0 Å². The first kappa shape index (κ1) is 8.96. The lowest BCUT2D eigenvalue weighted by atomic mass is 10.2. The van der Waals surface area contributed by atoms with E-state index in [4.69, 9.17) is 5.73 Å². The molecule has 5 heteroatoms. The zero-order valence-corrected chi connectivity index (χ0v) is 7.14. The van der Waals surface area contributed by atoms with Gasteiger partial charge in [-0.3, -0.25) is 5.10 Å². The molecule has 0 aliphatic rings. The number of rotatable bonds is 1. The fraction of sp³-hybridized carbons (Fsp3) is 0.143. The summed E-state index contributed by atoms with van der Waals surface area (Å²) < 4.78 is 0. The minimum atomic E-state index is 0. The molecule has 0 bridgehead atoms. The van der Waals surface area contributed by atoms with Gasteiger partial charge in [0.15, 0.2) is 5.65 Å². The molecule has 0 spiro atoms. The summed E-state index contributed by atoms with van der Waals surface area (Å²) in [4.78, 5) is 4.11. The van der Waals surface area contributed by atoms with E-state index in [-0.39, 0.29) is 12.4 Å². The van der Waals surface area contributed by atoms with Crippen molar-refractivity contribution < 1.29 is 0 Å². The predicted octanol–water partition coefficient (Wildman–Crippen LogP) is 0.838. The Kier molecular flexibility index (Phi) is 2.62. The molecule has 0 fully saturated rings. The molecule has 2 rings (SSSR count). The SMILES string of the molecule is Cl.NCc1cnc2[nH]ncc2c1. The molecule has 64 valence electrons. The van der Waals surface area contributed by atoms with Crippen molar-refractivity contribution in [2.75, 3.05) is 0 Å². The zero-order chi connectivity index (χ0) is 7.68. The molecule has 0 unspecified atom stereocenters. The number of aromatic amines is 1. The molecule has 0 saturated heterocycles. The summed E-state index contributed by atoms with van der Waals surface area (Å²) in [5, 5.41) is 7.62. The fourth-order valence-corrected chi connectivity index (χ4v) is 0.994. The summed E-state index contributed by atoms with van der Waals surface area (Å²) in [6.45, 7) is 0.522. The summed E-state index contributed by atoms with van der Waals surface area (Å²) in [6, 6.07) is 1.98. The molecule has 0 radical (unpaired) electrons. The quantitative estimate of drug-likeness (QED) is 0.690.